The van der Waals surface area contributed by atoms with Gasteiger partial charge in [-0.05, 0) is 40.3 Å². The van der Waals surface area contributed by atoms with Crippen LogP contribution in [0.25, 0.3) is 5.69 Å². The monoisotopic (exact) mass is 270 g/mol. The van der Waals surface area contributed by atoms with Crippen LogP contribution in [0.15, 0.2) is 54.9 Å². The first-order valence-electron chi connectivity index (χ1n) is 6.02. The molecule has 0 saturated heterocycles. The molecule has 20 heavy (non-hydrogen) atoms. The number of rotatable bonds is 4. The van der Waals surface area contributed by atoms with E-state index < -0.39 is 0 Å². The van der Waals surface area contributed by atoms with Crippen molar-refractivity contribution in [3.05, 3.63) is 66.2 Å². The maximum Gasteiger partial charge on any atom is 0.143 e. The average Bonchev–Trinajstić information content (AvgIpc) is 3.01. The lowest BCUT2D eigenvalue weighted by Gasteiger charge is -2.07. The van der Waals surface area contributed by atoms with Crippen LogP contribution in [0, 0.1) is 5.82 Å². The van der Waals surface area contributed by atoms with Crippen molar-refractivity contribution in [1.82, 2.24) is 20.2 Å². The van der Waals surface area contributed by atoms with Crippen molar-refractivity contribution in [3.63, 3.8) is 0 Å². The zero-order valence-electron chi connectivity index (χ0n) is 10.5. The van der Waals surface area contributed by atoms with Crippen LogP contribution >= 0.6 is 0 Å². The minimum Gasteiger partial charge on any atom is -0.489 e. The van der Waals surface area contributed by atoms with Gasteiger partial charge in [-0.2, -0.15) is 0 Å². The van der Waals surface area contributed by atoms with Crippen LogP contribution in [0.4, 0.5) is 4.39 Å². The van der Waals surface area contributed by atoms with Gasteiger partial charge in [-0.15, -0.1) is 5.10 Å². The first-order valence-corrected chi connectivity index (χ1v) is 6.02. The van der Waals surface area contributed by atoms with Crippen molar-refractivity contribution in [1.29, 1.82) is 0 Å². The molecule has 0 saturated carbocycles. The molecule has 2 aromatic carbocycles. The van der Waals surface area contributed by atoms with Crippen LogP contribution in [-0.2, 0) is 6.61 Å². The van der Waals surface area contributed by atoms with E-state index in [0.717, 1.165) is 11.3 Å². The fraction of sp³-hybridized carbons (Fsp3) is 0.0714. The highest BCUT2D eigenvalue weighted by Crippen LogP contribution is 2.17. The standard InChI is InChI=1S/C14H11FN4O/c15-12-6-4-11(5-7-12)9-20-14-3-1-2-13(8-14)19-10-16-17-18-19/h1-8,10H,9H2. The highest BCUT2D eigenvalue weighted by molar-refractivity contribution is 5.38. The zero-order valence-corrected chi connectivity index (χ0v) is 10.5. The second-order valence-corrected chi connectivity index (χ2v) is 4.17. The summed E-state index contributed by atoms with van der Waals surface area (Å²) in [7, 11) is 0. The lowest BCUT2D eigenvalue weighted by atomic mass is 10.2. The Kier molecular flexibility index (Phi) is 3.36. The number of tetrazole rings is 1. The molecule has 100 valence electrons. The van der Waals surface area contributed by atoms with Gasteiger partial charge in [0.15, 0.2) is 0 Å². The molecule has 3 aromatic rings. The Morgan fingerprint density at radius 3 is 2.70 bits per heavy atom. The first-order chi connectivity index (χ1) is 9.81. The van der Waals surface area contributed by atoms with Crippen molar-refractivity contribution in [2.75, 3.05) is 0 Å². The largest absolute Gasteiger partial charge is 0.489 e. The summed E-state index contributed by atoms with van der Waals surface area (Å²) < 4.78 is 20.0. The third-order valence-electron chi connectivity index (χ3n) is 2.75. The first kappa shape index (κ1) is 12.3. The number of hydrogen-bond donors (Lipinski definition) is 0. The van der Waals surface area contributed by atoms with E-state index in [1.54, 1.807) is 16.8 Å². The van der Waals surface area contributed by atoms with Gasteiger partial charge in [0.05, 0.1) is 5.69 Å². The number of hydrogen-bond acceptors (Lipinski definition) is 4. The summed E-state index contributed by atoms with van der Waals surface area (Å²) in [5.41, 5.74) is 1.71. The zero-order chi connectivity index (χ0) is 13.8. The van der Waals surface area contributed by atoms with Crippen LogP contribution in [-0.4, -0.2) is 20.2 Å². The summed E-state index contributed by atoms with van der Waals surface area (Å²) in [5, 5.41) is 11.0. The number of benzene rings is 2. The van der Waals surface area contributed by atoms with Crippen molar-refractivity contribution in [2.24, 2.45) is 0 Å². The molecule has 0 bridgehead atoms. The predicted octanol–water partition coefficient (Wildman–Crippen LogP) is 2.38. The smallest absolute Gasteiger partial charge is 0.143 e. The number of aromatic nitrogens is 4. The van der Waals surface area contributed by atoms with Gasteiger partial charge < -0.3 is 4.74 Å². The van der Waals surface area contributed by atoms with Gasteiger partial charge in [0.2, 0.25) is 0 Å². The quantitative estimate of drug-likeness (QED) is 0.730. The van der Waals surface area contributed by atoms with Gasteiger partial charge >= 0.3 is 0 Å². The third-order valence-corrected chi connectivity index (χ3v) is 2.75. The van der Waals surface area contributed by atoms with Crippen LogP contribution < -0.4 is 4.74 Å². The Bertz CT molecular complexity index is 683. The molecule has 0 radical (unpaired) electrons. The van der Waals surface area contributed by atoms with Gasteiger partial charge in [0, 0.05) is 6.07 Å². The molecule has 0 fully saturated rings. The molecule has 0 atom stereocenters. The van der Waals surface area contributed by atoms with E-state index in [0.29, 0.717) is 12.4 Å². The Morgan fingerprint density at radius 2 is 1.95 bits per heavy atom. The molecule has 1 heterocycles. The highest BCUT2D eigenvalue weighted by atomic mass is 19.1. The maximum atomic E-state index is 12.8. The molecule has 0 unspecified atom stereocenters. The summed E-state index contributed by atoms with van der Waals surface area (Å²) in [6, 6.07) is 13.6. The summed E-state index contributed by atoms with van der Waals surface area (Å²) >= 11 is 0. The highest BCUT2D eigenvalue weighted by Gasteiger charge is 2.01. The van der Waals surface area contributed by atoms with Crippen molar-refractivity contribution in [2.45, 2.75) is 6.61 Å². The second-order valence-electron chi connectivity index (χ2n) is 4.17. The Labute approximate surface area is 114 Å². The van der Waals surface area contributed by atoms with E-state index in [-0.39, 0.29) is 5.82 Å². The summed E-state index contributed by atoms with van der Waals surface area (Å²) in [6.07, 6.45) is 1.51. The van der Waals surface area contributed by atoms with Crippen molar-refractivity contribution in [3.8, 4) is 11.4 Å². The molecule has 0 aliphatic heterocycles. The Hall–Kier alpha value is -2.76. The number of ether oxygens (including phenoxy) is 1. The Morgan fingerprint density at radius 1 is 1.10 bits per heavy atom. The number of halogens is 1. The van der Waals surface area contributed by atoms with Crippen LogP contribution in [0.3, 0.4) is 0 Å². The maximum absolute atomic E-state index is 12.8. The molecule has 0 aliphatic rings. The van der Waals surface area contributed by atoms with E-state index in [1.807, 2.05) is 24.3 Å². The molecule has 3 rings (SSSR count). The minimum absolute atomic E-state index is 0.255. The van der Waals surface area contributed by atoms with Gasteiger partial charge in [0.25, 0.3) is 0 Å². The second kappa shape index (κ2) is 5.48. The lowest BCUT2D eigenvalue weighted by Crippen LogP contribution is -1.98. The van der Waals surface area contributed by atoms with E-state index in [4.69, 9.17) is 4.74 Å². The normalized spacial score (nSPS) is 10.4. The van der Waals surface area contributed by atoms with Gasteiger partial charge in [-0.1, -0.05) is 18.2 Å². The van der Waals surface area contributed by atoms with Gasteiger partial charge in [0.1, 0.15) is 24.5 Å². The molecule has 1 aromatic heterocycles. The summed E-state index contributed by atoms with van der Waals surface area (Å²) in [5.74, 6) is 0.441. The topological polar surface area (TPSA) is 52.8 Å². The average molecular weight is 270 g/mol. The van der Waals surface area contributed by atoms with Gasteiger partial charge in [-0.3, -0.25) is 0 Å². The third kappa shape index (κ3) is 2.80. The SMILES string of the molecule is Fc1ccc(COc2cccc(-n3cnnn3)c2)cc1. The molecule has 0 aliphatic carbocycles. The fourth-order valence-electron chi connectivity index (χ4n) is 1.74. The molecule has 0 amide bonds. The minimum atomic E-state index is -0.255. The molecule has 0 N–H and O–H groups in total. The van der Waals surface area contributed by atoms with E-state index >= 15 is 0 Å². The van der Waals surface area contributed by atoms with Crippen LogP contribution in [0.1, 0.15) is 5.56 Å². The van der Waals surface area contributed by atoms with E-state index in [1.165, 1.54) is 18.5 Å². The Balaban J connectivity index is 1.72. The van der Waals surface area contributed by atoms with E-state index in [2.05, 4.69) is 15.5 Å². The summed E-state index contributed by atoms with van der Waals surface area (Å²) in [4.78, 5) is 0. The molecule has 6 heteroatoms. The van der Waals surface area contributed by atoms with E-state index in [9.17, 15) is 4.39 Å². The van der Waals surface area contributed by atoms with Crippen LogP contribution in [0.5, 0.6) is 5.75 Å². The lowest BCUT2D eigenvalue weighted by molar-refractivity contribution is 0.306. The molecular formula is C14H11FN4O. The van der Waals surface area contributed by atoms with Crippen LogP contribution in [0.2, 0.25) is 0 Å². The summed E-state index contributed by atoms with van der Waals surface area (Å²) in [6.45, 7) is 0.374. The predicted molar refractivity (Wildman–Crippen MR) is 69.9 cm³/mol. The fourth-order valence-corrected chi connectivity index (χ4v) is 1.74. The van der Waals surface area contributed by atoms with Crippen molar-refractivity contribution >= 4 is 0 Å². The molecular weight excluding hydrogens is 259 g/mol. The molecule has 0 spiro atoms. The molecule has 5 nitrogen and oxygen atoms in total. The van der Waals surface area contributed by atoms with Gasteiger partial charge in [-0.25, -0.2) is 9.07 Å². The number of nitrogens with zero attached hydrogens (tertiary/aromatic N) is 4. The van der Waals surface area contributed by atoms with Crippen molar-refractivity contribution < 1.29 is 9.13 Å².